The van der Waals surface area contributed by atoms with Gasteiger partial charge in [-0.1, -0.05) is 12.1 Å². The SMILES string of the molecule is CC(C)(C)OC(=O)n1c(SCl)cc2cccc(F)c21. The second kappa shape index (κ2) is 5.06. The normalized spacial score (nSPS) is 11.8. The van der Waals surface area contributed by atoms with Crippen molar-refractivity contribution >= 4 is 38.7 Å². The highest BCUT2D eigenvalue weighted by atomic mass is 35.7. The molecule has 0 saturated heterocycles. The molecule has 1 heterocycles. The Morgan fingerprint density at radius 1 is 1.42 bits per heavy atom. The van der Waals surface area contributed by atoms with Crippen LogP contribution in [0.15, 0.2) is 29.3 Å². The molecule has 0 radical (unpaired) electrons. The highest BCUT2D eigenvalue weighted by molar-refractivity contribution is 8.21. The predicted octanol–water partition coefficient (Wildman–Crippen LogP) is 4.81. The number of carbonyl (C=O) groups is 1. The summed E-state index contributed by atoms with van der Waals surface area (Å²) in [5.74, 6) is -0.486. The second-order valence-electron chi connectivity index (χ2n) is 5.05. The van der Waals surface area contributed by atoms with Crippen molar-refractivity contribution in [2.45, 2.75) is 31.4 Å². The Morgan fingerprint density at radius 3 is 2.68 bits per heavy atom. The lowest BCUT2D eigenvalue weighted by molar-refractivity contribution is 0.0531. The van der Waals surface area contributed by atoms with Gasteiger partial charge in [-0.2, -0.15) is 0 Å². The molecule has 0 bridgehead atoms. The molecule has 0 unspecified atom stereocenters. The van der Waals surface area contributed by atoms with Gasteiger partial charge in [-0.15, -0.1) is 0 Å². The minimum absolute atomic E-state index is 0.180. The summed E-state index contributed by atoms with van der Waals surface area (Å²) in [6.45, 7) is 5.25. The maximum atomic E-state index is 13.9. The molecule has 2 aromatic rings. The Kier molecular flexibility index (Phi) is 3.78. The first-order valence-corrected chi connectivity index (χ1v) is 7.29. The number of hydrogen-bond acceptors (Lipinski definition) is 3. The lowest BCUT2D eigenvalue weighted by Crippen LogP contribution is -2.27. The lowest BCUT2D eigenvalue weighted by Gasteiger charge is -2.20. The van der Waals surface area contributed by atoms with Crippen molar-refractivity contribution in [1.29, 1.82) is 0 Å². The molecular weight excluding hydrogens is 289 g/mol. The Morgan fingerprint density at radius 2 is 2.11 bits per heavy atom. The van der Waals surface area contributed by atoms with Crippen LogP contribution >= 0.6 is 21.7 Å². The first-order chi connectivity index (χ1) is 8.83. The Hall–Kier alpha value is -1.20. The molecule has 0 aliphatic heterocycles. The molecule has 1 aromatic heterocycles. The highest BCUT2D eigenvalue weighted by Gasteiger charge is 2.23. The van der Waals surface area contributed by atoms with Gasteiger partial charge in [0.25, 0.3) is 0 Å². The zero-order chi connectivity index (χ0) is 14.2. The van der Waals surface area contributed by atoms with E-state index < -0.39 is 17.5 Å². The van der Waals surface area contributed by atoms with Crippen LogP contribution in [0.25, 0.3) is 10.9 Å². The van der Waals surface area contributed by atoms with E-state index in [0.717, 1.165) is 15.5 Å². The Labute approximate surface area is 119 Å². The molecule has 0 saturated carbocycles. The number of carbonyl (C=O) groups excluding carboxylic acids is 1. The number of benzene rings is 1. The fourth-order valence-electron chi connectivity index (χ4n) is 1.74. The zero-order valence-corrected chi connectivity index (χ0v) is 12.3. The van der Waals surface area contributed by atoms with Gasteiger partial charge >= 0.3 is 6.09 Å². The van der Waals surface area contributed by atoms with Crippen LogP contribution in [0.4, 0.5) is 9.18 Å². The quantitative estimate of drug-likeness (QED) is 0.757. The summed E-state index contributed by atoms with van der Waals surface area (Å²) in [6.07, 6.45) is -0.643. The molecular formula is C13H13ClFNO2S. The number of rotatable bonds is 1. The van der Waals surface area contributed by atoms with E-state index in [-0.39, 0.29) is 5.52 Å². The summed E-state index contributed by atoms with van der Waals surface area (Å²) in [5, 5.41) is 1.03. The smallest absolute Gasteiger partial charge is 0.420 e. The zero-order valence-electron chi connectivity index (χ0n) is 10.7. The molecule has 0 spiro atoms. The summed E-state index contributed by atoms with van der Waals surface area (Å²) in [7, 11) is 6.59. The largest absolute Gasteiger partial charge is 0.443 e. The van der Waals surface area contributed by atoms with Crippen LogP contribution < -0.4 is 0 Å². The molecule has 0 fully saturated rings. The first-order valence-electron chi connectivity index (χ1n) is 5.65. The van der Waals surface area contributed by atoms with Crippen molar-refractivity contribution in [3.8, 4) is 0 Å². The van der Waals surface area contributed by atoms with E-state index in [1.54, 1.807) is 39.0 Å². The number of ether oxygens (including phenoxy) is 1. The number of aromatic nitrogens is 1. The van der Waals surface area contributed by atoms with Crippen molar-refractivity contribution in [2.24, 2.45) is 0 Å². The van der Waals surface area contributed by atoms with Gasteiger partial charge < -0.3 is 4.74 Å². The van der Waals surface area contributed by atoms with E-state index in [0.29, 0.717) is 10.4 Å². The van der Waals surface area contributed by atoms with E-state index in [1.165, 1.54) is 6.07 Å². The minimum atomic E-state index is -0.660. The molecule has 19 heavy (non-hydrogen) atoms. The van der Waals surface area contributed by atoms with Gasteiger partial charge in [-0.3, -0.25) is 0 Å². The van der Waals surface area contributed by atoms with Gasteiger partial charge in [0.15, 0.2) is 0 Å². The Bertz CT molecular complexity index is 633. The average Bonchev–Trinajstić information content (AvgIpc) is 2.66. The second-order valence-corrected chi connectivity index (χ2v) is 6.09. The molecule has 0 N–H and O–H groups in total. The number of nitrogens with zero attached hydrogens (tertiary/aromatic N) is 1. The van der Waals surface area contributed by atoms with Crippen LogP contribution in [0.5, 0.6) is 0 Å². The monoisotopic (exact) mass is 301 g/mol. The third-order valence-electron chi connectivity index (χ3n) is 2.40. The maximum absolute atomic E-state index is 13.9. The fraction of sp³-hybridized carbons (Fsp3) is 0.308. The van der Waals surface area contributed by atoms with Crippen LogP contribution in [0.1, 0.15) is 20.8 Å². The maximum Gasteiger partial charge on any atom is 0.420 e. The predicted molar refractivity (Wildman–Crippen MR) is 75.2 cm³/mol. The van der Waals surface area contributed by atoms with Crippen LogP contribution in [-0.4, -0.2) is 16.3 Å². The molecule has 1 aromatic carbocycles. The topological polar surface area (TPSA) is 31.2 Å². The third kappa shape index (κ3) is 2.87. The summed E-state index contributed by atoms with van der Waals surface area (Å²) in [4.78, 5) is 12.2. The van der Waals surface area contributed by atoms with Gasteiger partial charge in [0, 0.05) is 5.39 Å². The summed E-state index contributed by atoms with van der Waals surface area (Å²) in [6, 6.07) is 6.25. The molecule has 0 amide bonds. The van der Waals surface area contributed by atoms with Gasteiger partial charge in [0.05, 0.1) is 5.52 Å². The third-order valence-corrected chi connectivity index (χ3v) is 3.33. The van der Waals surface area contributed by atoms with Crippen molar-refractivity contribution < 1.29 is 13.9 Å². The van der Waals surface area contributed by atoms with E-state index in [9.17, 15) is 9.18 Å². The first kappa shape index (κ1) is 14.2. The van der Waals surface area contributed by atoms with Crippen molar-refractivity contribution in [2.75, 3.05) is 0 Å². The van der Waals surface area contributed by atoms with Crippen molar-refractivity contribution in [3.63, 3.8) is 0 Å². The van der Waals surface area contributed by atoms with Crippen molar-refractivity contribution in [1.82, 2.24) is 4.57 Å². The standard InChI is InChI=1S/C13H13ClFNO2S/c1-13(2,3)18-12(17)16-10(19-14)7-8-5-4-6-9(15)11(8)16/h4-7H,1-3H3. The number of halogens is 2. The van der Waals surface area contributed by atoms with Crippen LogP contribution in [0, 0.1) is 5.82 Å². The molecule has 3 nitrogen and oxygen atoms in total. The Balaban J connectivity index is 2.60. The average molecular weight is 302 g/mol. The molecule has 0 aliphatic rings. The molecule has 0 aliphatic carbocycles. The van der Waals surface area contributed by atoms with Crippen LogP contribution in [0.2, 0.25) is 0 Å². The van der Waals surface area contributed by atoms with E-state index in [4.69, 9.17) is 15.4 Å². The van der Waals surface area contributed by atoms with E-state index >= 15 is 0 Å². The van der Waals surface area contributed by atoms with E-state index in [2.05, 4.69) is 0 Å². The fourth-order valence-corrected chi connectivity index (χ4v) is 2.48. The molecule has 0 atom stereocenters. The number of para-hydroxylation sites is 1. The van der Waals surface area contributed by atoms with Crippen molar-refractivity contribution in [3.05, 3.63) is 30.1 Å². The minimum Gasteiger partial charge on any atom is -0.443 e. The van der Waals surface area contributed by atoms with E-state index in [1.807, 2.05) is 0 Å². The highest BCUT2D eigenvalue weighted by Crippen LogP contribution is 2.31. The number of fused-ring (bicyclic) bond motifs is 1. The lowest BCUT2D eigenvalue weighted by atomic mass is 10.2. The molecule has 6 heteroatoms. The summed E-state index contributed by atoms with van der Waals surface area (Å²) in [5.41, 5.74) is -0.479. The van der Waals surface area contributed by atoms with Gasteiger partial charge in [-0.05, 0) is 54.6 Å². The van der Waals surface area contributed by atoms with Gasteiger partial charge in [0.2, 0.25) is 0 Å². The van der Waals surface area contributed by atoms with Crippen LogP contribution in [0.3, 0.4) is 0 Å². The summed E-state index contributed by atoms with van der Waals surface area (Å²) < 4.78 is 20.3. The van der Waals surface area contributed by atoms with Gasteiger partial charge in [0.1, 0.15) is 16.4 Å². The number of hydrogen-bond donors (Lipinski definition) is 0. The molecule has 2 rings (SSSR count). The van der Waals surface area contributed by atoms with Crippen LogP contribution in [-0.2, 0) is 4.74 Å². The summed E-state index contributed by atoms with van der Waals surface area (Å²) >= 11 is 0. The van der Waals surface area contributed by atoms with Gasteiger partial charge in [-0.25, -0.2) is 13.8 Å². The molecule has 102 valence electrons.